The maximum atomic E-state index is 5.61. The van der Waals surface area contributed by atoms with Crippen LogP contribution in [-0.4, -0.2) is 14.2 Å². The van der Waals surface area contributed by atoms with Crippen molar-refractivity contribution in [3.05, 3.63) is 170 Å². The molecule has 0 bridgehead atoms. The molecule has 0 spiro atoms. The fraction of sp³-hybridized carbons (Fsp3) is 0.0455. The first-order chi connectivity index (χ1) is 22.8. The van der Waals surface area contributed by atoms with Gasteiger partial charge < -0.3 is 9.47 Å². The van der Waals surface area contributed by atoms with Gasteiger partial charge in [0.05, 0.1) is 14.2 Å². The van der Waals surface area contributed by atoms with Crippen LogP contribution in [0.15, 0.2) is 170 Å². The normalized spacial score (nSPS) is 10.8. The lowest BCUT2D eigenvalue weighted by Crippen LogP contribution is -2.02. The Hall–Kier alpha value is -5.86. The van der Waals surface area contributed by atoms with E-state index in [2.05, 4.69) is 170 Å². The molecule has 2 nitrogen and oxygen atoms in total. The fourth-order valence-corrected chi connectivity index (χ4v) is 6.42. The van der Waals surface area contributed by atoms with E-state index in [9.17, 15) is 0 Å². The van der Waals surface area contributed by atoms with Gasteiger partial charge in [0.15, 0.2) is 0 Å². The predicted octanol–water partition coefficient (Wildman–Crippen LogP) is 11.7. The molecule has 0 N–H and O–H groups in total. The maximum absolute atomic E-state index is 5.61. The maximum Gasteiger partial charge on any atom is 0.118 e. The average molecular weight is 595 g/mol. The number of hydrogen-bond acceptors (Lipinski definition) is 2. The lowest BCUT2D eigenvalue weighted by molar-refractivity contribution is 0.415. The predicted molar refractivity (Wildman–Crippen MR) is 192 cm³/mol. The van der Waals surface area contributed by atoms with Gasteiger partial charge in [0.1, 0.15) is 11.5 Å². The molecule has 46 heavy (non-hydrogen) atoms. The first kappa shape index (κ1) is 28.9. The molecule has 0 aliphatic rings. The first-order valence-electron chi connectivity index (χ1n) is 15.5. The lowest BCUT2D eigenvalue weighted by Gasteiger charge is -2.29. The Balaban J connectivity index is 1.78. The van der Waals surface area contributed by atoms with Crippen molar-refractivity contribution in [1.82, 2.24) is 0 Å². The molecular weight excluding hydrogens is 560 g/mol. The second-order valence-electron chi connectivity index (χ2n) is 11.2. The van der Waals surface area contributed by atoms with Crippen LogP contribution in [-0.2, 0) is 0 Å². The fourth-order valence-electron chi connectivity index (χ4n) is 6.42. The molecule has 0 unspecified atom stereocenters. The van der Waals surface area contributed by atoms with Crippen molar-refractivity contribution < 1.29 is 9.47 Å². The number of methoxy groups -OCH3 is 2. The zero-order valence-corrected chi connectivity index (χ0v) is 26.0. The number of rotatable bonds is 8. The van der Waals surface area contributed by atoms with Crippen molar-refractivity contribution in [3.63, 3.8) is 0 Å². The van der Waals surface area contributed by atoms with Gasteiger partial charge in [-0.3, -0.25) is 0 Å². The van der Waals surface area contributed by atoms with Crippen LogP contribution < -0.4 is 9.47 Å². The topological polar surface area (TPSA) is 18.5 Å². The summed E-state index contributed by atoms with van der Waals surface area (Å²) >= 11 is 0. The quantitative estimate of drug-likeness (QED) is 0.174. The molecule has 0 aromatic heterocycles. The Morgan fingerprint density at radius 1 is 0.239 bits per heavy atom. The van der Waals surface area contributed by atoms with Gasteiger partial charge in [-0.05, 0) is 91.0 Å². The van der Waals surface area contributed by atoms with E-state index in [-0.39, 0.29) is 0 Å². The van der Waals surface area contributed by atoms with Crippen molar-refractivity contribution in [1.29, 1.82) is 0 Å². The third-order valence-corrected chi connectivity index (χ3v) is 8.51. The highest BCUT2D eigenvalue weighted by molar-refractivity contribution is 6.15. The molecule has 0 aliphatic heterocycles. The number of benzene rings is 7. The second-order valence-corrected chi connectivity index (χ2v) is 11.2. The molecule has 0 fully saturated rings. The van der Waals surface area contributed by atoms with E-state index < -0.39 is 0 Å². The minimum atomic E-state index is 0.827. The molecule has 0 saturated heterocycles. The van der Waals surface area contributed by atoms with Crippen LogP contribution in [0.5, 0.6) is 11.5 Å². The van der Waals surface area contributed by atoms with Crippen molar-refractivity contribution in [2.45, 2.75) is 0 Å². The summed E-state index contributed by atoms with van der Waals surface area (Å²) in [4.78, 5) is 0. The molecule has 7 rings (SSSR count). The molecule has 7 aromatic carbocycles. The molecule has 0 heterocycles. The van der Waals surface area contributed by atoms with E-state index in [4.69, 9.17) is 9.47 Å². The summed E-state index contributed by atoms with van der Waals surface area (Å²) in [7, 11) is 3.43. The van der Waals surface area contributed by atoms with E-state index in [1.807, 2.05) is 0 Å². The van der Waals surface area contributed by atoms with Gasteiger partial charge in [-0.2, -0.15) is 0 Å². The Morgan fingerprint density at radius 3 is 0.630 bits per heavy atom. The highest BCUT2D eigenvalue weighted by Gasteiger charge is 2.29. The first-order valence-corrected chi connectivity index (χ1v) is 15.5. The second kappa shape index (κ2) is 13.0. The van der Waals surface area contributed by atoms with Gasteiger partial charge >= 0.3 is 0 Å². The molecule has 0 amide bonds. The van der Waals surface area contributed by atoms with E-state index >= 15 is 0 Å². The van der Waals surface area contributed by atoms with Gasteiger partial charge in [-0.15, -0.1) is 0 Å². The molecule has 7 aromatic rings. The summed E-state index contributed by atoms with van der Waals surface area (Å²) in [5.74, 6) is 1.65. The standard InChI is InChI=1S/C44H34O2/c1-45-37-27-23-35(24-28-37)43-39(31-15-7-3-8-16-31)41(33-19-11-5-12-20-33)44(36-25-29-38(46-2)30-26-36)42(34-21-13-6-14-22-34)40(43)32-17-9-4-10-18-32/h3-30H,1-2H3. The SMILES string of the molecule is COc1ccc(-c2c(-c3ccccc3)c(-c3ccccc3)c(-c3ccc(OC)cc3)c(-c3ccccc3)c2-c2ccccc2)cc1. The van der Waals surface area contributed by atoms with Gasteiger partial charge in [-0.1, -0.05) is 146 Å². The number of hydrogen-bond donors (Lipinski definition) is 0. The monoisotopic (exact) mass is 594 g/mol. The van der Waals surface area contributed by atoms with E-state index in [0.717, 1.165) is 44.9 Å². The Bertz CT molecular complexity index is 1790. The van der Waals surface area contributed by atoms with Crippen LogP contribution in [0.3, 0.4) is 0 Å². The minimum Gasteiger partial charge on any atom is -0.497 e. The smallest absolute Gasteiger partial charge is 0.118 e. The van der Waals surface area contributed by atoms with Crippen molar-refractivity contribution >= 4 is 0 Å². The largest absolute Gasteiger partial charge is 0.497 e. The van der Waals surface area contributed by atoms with Crippen LogP contribution >= 0.6 is 0 Å². The summed E-state index contributed by atoms with van der Waals surface area (Å²) in [5, 5.41) is 0. The van der Waals surface area contributed by atoms with E-state index in [1.54, 1.807) is 14.2 Å². The molecule has 222 valence electrons. The van der Waals surface area contributed by atoms with Gasteiger partial charge in [0.25, 0.3) is 0 Å². The molecule has 0 atom stereocenters. The molecule has 0 saturated carbocycles. The zero-order valence-electron chi connectivity index (χ0n) is 26.0. The summed E-state index contributed by atoms with van der Waals surface area (Å²) < 4.78 is 11.2. The van der Waals surface area contributed by atoms with Gasteiger partial charge in [0.2, 0.25) is 0 Å². The summed E-state index contributed by atoms with van der Waals surface area (Å²) in [6.45, 7) is 0. The van der Waals surface area contributed by atoms with Crippen molar-refractivity contribution in [3.8, 4) is 78.3 Å². The highest BCUT2D eigenvalue weighted by atomic mass is 16.5. The summed E-state index contributed by atoms with van der Waals surface area (Å²) in [5.41, 5.74) is 13.9. The third kappa shape index (κ3) is 5.46. The summed E-state index contributed by atoms with van der Waals surface area (Å²) in [6, 6.07) is 60.1. The van der Waals surface area contributed by atoms with Crippen LogP contribution in [0.25, 0.3) is 66.8 Å². The minimum absolute atomic E-state index is 0.827. The van der Waals surface area contributed by atoms with Crippen molar-refractivity contribution in [2.75, 3.05) is 14.2 Å². The zero-order chi connectivity index (χ0) is 31.3. The van der Waals surface area contributed by atoms with Crippen LogP contribution in [0.4, 0.5) is 0 Å². The van der Waals surface area contributed by atoms with Gasteiger partial charge in [0, 0.05) is 0 Å². The molecule has 0 aliphatic carbocycles. The summed E-state index contributed by atoms with van der Waals surface area (Å²) in [6.07, 6.45) is 0. The van der Waals surface area contributed by atoms with Crippen molar-refractivity contribution in [2.24, 2.45) is 0 Å². The van der Waals surface area contributed by atoms with Crippen LogP contribution in [0, 0.1) is 0 Å². The number of ether oxygens (including phenoxy) is 2. The third-order valence-electron chi connectivity index (χ3n) is 8.51. The van der Waals surface area contributed by atoms with Gasteiger partial charge in [-0.25, -0.2) is 0 Å². The highest BCUT2D eigenvalue weighted by Crippen LogP contribution is 2.55. The molecule has 0 radical (unpaired) electrons. The average Bonchev–Trinajstić information content (AvgIpc) is 3.15. The van der Waals surface area contributed by atoms with E-state index in [0.29, 0.717) is 0 Å². The van der Waals surface area contributed by atoms with Crippen LogP contribution in [0.1, 0.15) is 0 Å². The molecule has 2 heteroatoms. The molecular formula is C44H34O2. The lowest BCUT2D eigenvalue weighted by atomic mass is 9.74. The Kier molecular flexibility index (Phi) is 8.17. The van der Waals surface area contributed by atoms with Crippen LogP contribution in [0.2, 0.25) is 0 Å². The Morgan fingerprint density at radius 2 is 0.435 bits per heavy atom. The van der Waals surface area contributed by atoms with E-state index in [1.165, 1.54) is 33.4 Å². The Labute approximate surface area is 271 Å².